The number of thioether (sulfide) groups is 1. The molecule has 0 aromatic heterocycles. The molecule has 9 heteroatoms. The van der Waals surface area contributed by atoms with Crippen molar-refractivity contribution in [2.75, 3.05) is 5.75 Å². The third-order valence-corrected chi connectivity index (χ3v) is 4.27. The Morgan fingerprint density at radius 2 is 2.00 bits per heavy atom. The zero-order valence-electron chi connectivity index (χ0n) is 11.3. The fourth-order valence-electron chi connectivity index (χ4n) is 1.86. The van der Waals surface area contributed by atoms with Gasteiger partial charge in [-0.1, -0.05) is 0 Å². The summed E-state index contributed by atoms with van der Waals surface area (Å²) in [4.78, 5) is 11.7. The van der Waals surface area contributed by atoms with Crippen molar-refractivity contribution in [1.29, 1.82) is 0 Å². The predicted octanol–water partition coefficient (Wildman–Crippen LogP) is 3.06. The number of carbonyl (C=O) groups is 1. The second kappa shape index (κ2) is 6.41. The number of carbonyl (C=O) groups excluding carboxylic acids is 1. The van der Waals surface area contributed by atoms with Gasteiger partial charge in [-0.25, -0.2) is 4.39 Å². The van der Waals surface area contributed by atoms with Crippen LogP contribution in [0, 0.1) is 12.7 Å². The summed E-state index contributed by atoms with van der Waals surface area (Å²) in [5, 5.41) is 5.18. The van der Waals surface area contributed by atoms with Crippen LogP contribution in [0.15, 0.2) is 23.1 Å². The summed E-state index contributed by atoms with van der Waals surface area (Å²) in [5.74, 6) is -2.15. The van der Waals surface area contributed by atoms with Crippen molar-refractivity contribution in [2.24, 2.45) is 0 Å². The van der Waals surface area contributed by atoms with Crippen LogP contribution in [-0.2, 0) is 4.79 Å². The number of alkyl halides is 3. The first kappa shape index (κ1) is 17.0. The highest BCUT2D eigenvalue weighted by atomic mass is 32.2. The van der Waals surface area contributed by atoms with Crippen LogP contribution < -0.4 is 10.6 Å². The molecule has 1 aliphatic heterocycles. The van der Waals surface area contributed by atoms with Crippen molar-refractivity contribution in [1.82, 2.24) is 10.6 Å². The maximum Gasteiger partial charge on any atom is 0.398 e. The largest absolute Gasteiger partial charge is 0.398 e. The van der Waals surface area contributed by atoms with Crippen molar-refractivity contribution in [2.45, 2.75) is 23.5 Å². The Labute approximate surface area is 133 Å². The van der Waals surface area contributed by atoms with Gasteiger partial charge in [-0.05, 0) is 24.6 Å². The van der Waals surface area contributed by atoms with E-state index in [9.17, 15) is 22.4 Å². The highest BCUT2D eigenvalue weighted by molar-refractivity contribution is 7.99. The Balaban J connectivity index is 2.34. The number of aryl methyl sites for hydroxylation is 1. The molecule has 1 aliphatic rings. The molecule has 0 radical (unpaired) electrons. The first-order valence-corrected chi connectivity index (χ1v) is 7.63. The van der Waals surface area contributed by atoms with E-state index in [-0.39, 0.29) is 11.3 Å². The summed E-state index contributed by atoms with van der Waals surface area (Å²) in [6.07, 6.45) is -3.18. The average Bonchev–Trinajstić information content (AvgIpc) is 2.35. The van der Waals surface area contributed by atoms with Crippen LogP contribution in [0.1, 0.15) is 11.1 Å². The van der Waals surface area contributed by atoms with E-state index >= 15 is 0 Å². The van der Waals surface area contributed by atoms with E-state index in [0.717, 1.165) is 12.1 Å². The fraction of sp³-hybridized carbons (Fsp3) is 0.308. The summed E-state index contributed by atoms with van der Waals surface area (Å²) < 4.78 is 51.1. The number of benzene rings is 1. The summed E-state index contributed by atoms with van der Waals surface area (Å²) in [6.45, 7) is 1.53. The van der Waals surface area contributed by atoms with Crippen LogP contribution in [0.2, 0.25) is 0 Å². The highest BCUT2D eigenvalue weighted by Crippen LogP contribution is 2.32. The van der Waals surface area contributed by atoms with Gasteiger partial charge in [-0.3, -0.25) is 4.79 Å². The van der Waals surface area contributed by atoms with Gasteiger partial charge in [0.1, 0.15) is 11.3 Å². The van der Waals surface area contributed by atoms with Gasteiger partial charge in [-0.15, -0.1) is 24.4 Å². The van der Waals surface area contributed by atoms with Gasteiger partial charge < -0.3 is 10.6 Å². The van der Waals surface area contributed by atoms with Gasteiger partial charge >= 0.3 is 6.18 Å². The van der Waals surface area contributed by atoms with Crippen LogP contribution in [0.5, 0.6) is 0 Å². The molecule has 1 aromatic carbocycles. The van der Waals surface area contributed by atoms with E-state index in [1.54, 1.807) is 0 Å². The van der Waals surface area contributed by atoms with E-state index < -0.39 is 29.2 Å². The summed E-state index contributed by atoms with van der Waals surface area (Å²) >= 11 is 4.61. The molecule has 1 atom stereocenters. The molecule has 0 fully saturated rings. The average molecular weight is 352 g/mol. The third kappa shape index (κ3) is 4.33. The number of nitrogens with one attached hydrogen (secondary N) is 2. The van der Waals surface area contributed by atoms with Gasteiger partial charge in [0.05, 0.1) is 11.4 Å². The molecule has 1 amide bonds. The van der Waals surface area contributed by atoms with Gasteiger partial charge in [0.2, 0.25) is 5.91 Å². The molecule has 0 spiro atoms. The predicted molar refractivity (Wildman–Crippen MR) is 79.9 cm³/mol. The van der Waals surface area contributed by atoms with Crippen molar-refractivity contribution >= 4 is 36.0 Å². The van der Waals surface area contributed by atoms with Crippen molar-refractivity contribution in [3.63, 3.8) is 0 Å². The Kier molecular flexibility index (Phi) is 4.96. The second-order valence-electron chi connectivity index (χ2n) is 4.61. The van der Waals surface area contributed by atoms with E-state index in [1.807, 2.05) is 0 Å². The Bertz CT molecular complexity index is 631. The molecule has 0 bridgehead atoms. The lowest BCUT2D eigenvalue weighted by atomic mass is 10.1. The normalized spacial score (nSPS) is 18.5. The maximum absolute atomic E-state index is 14.1. The van der Waals surface area contributed by atoms with Crippen molar-refractivity contribution in [3.05, 3.63) is 35.2 Å². The maximum atomic E-state index is 14.1. The Morgan fingerprint density at radius 1 is 1.32 bits per heavy atom. The zero-order chi connectivity index (χ0) is 16.5. The molecule has 1 heterocycles. The highest BCUT2D eigenvalue weighted by Gasteiger charge is 2.28. The minimum Gasteiger partial charge on any atom is -0.356 e. The molecular weight excluding hydrogens is 340 g/mol. The molecule has 22 heavy (non-hydrogen) atoms. The van der Waals surface area contributed by atoms with Gasteiger partial charge in [-0.2, -0.15) is 13.2 Å². The van der Waals surface area contributed by atoms with E-state index in [4.69, 9.17) is 0 Å². The van der Waals surface area contributed by atoms with Crippen LogP contribution in [0.25, 0.3) is 5.70 Å². The monoisotopic (exact) mass is 352 g/mol. The van der Waals surface area contributed by atoms with Crippen LogP contribution >= 0.6 is 24.4 Å². The smallest absolute Gasteiger partial charge is 0.356 e. The lowest BCUT2D eigenvalue weighted by Gasteiger charge is -2.23. The molecular formula is C13H12F4N2OS2. The fourth-order valence-corrected chi connectivity index (χ4v) is 2.94. The summed E-state index contributed by atoms with van der Waals surface area (Å²) in [7, 11) is 0. The number of rotatable bonds is 3. The summed E-state index contributed by atoms with van der Waals surface area (Å²) in [5.41, 5.74) is -0.0856. The number of amides is 1. The quantitative estimate of drug-likeness (QED) is 0.445. The van der Waals surface area contributed by atoms with Crippen LogP contribution in [0.4, 0.5) is 17.6 Å². The minimum absolute atomic E-state index is 0.0316. The minimum atomic E-state index is -4.32. The van der Waals surface area contributed by atoms with E-state index in [1.165, 1.54) is 13.0 Å². The standard InChI is InChI=1S/C13H12F4N2OS2/c1-6-2-8(14)7(3-10(6)22-5-13(15,16)17)9-4-11(20)19-12(21)18-9/h2-4,12,18,21H,5H2,1H3,(H,19,20). The third-order valence-electron chi connectivity index (χ3n) is 2.79. The topological polar surface area (TPSA) is 41.1 Å². The number of hydrogen-bond acceptors (Lipinski definition) is 4. The van der Waals surface area contributed by atoms with Crippen LogP contribution in [-0.4, -0.2) is 23.3 Å². The van der Waals surface area contributed by atoms with Gasteiger partial charge in [0.15, 0.2) is 0 Å². The second-order valence-corrected chi connectivity index (χ2v) is 6.15. The first-order chi connectivity index (χ1) is 10.2. The Hall–Kier alpha value is -1.35. The lowest BCUT2D eigenvalue weighted by molar-refractivity contribution is -0.117. The summed E-state index contributed by atoms with van der Waals surface area (Å²) in [6, 6.07) is 2.45. The molecule has 0 saturated heterocycles. The number of thiol groups is 1. The molecule has 120 valence electrons. The van der Waals surface area contributed by atoms with Crippen molar-refractivity contribution < 1.29 is 22.4 Å². The number of halogens is 4. The first-order valence-electron chi connectivity index (χ1n) is 6.12. The number of hydrogen-bond donors (Lipinski definition) is 3. The SMILES string of the molecule is Cc1cc(F)c(C2=CC(=O)NC(S)N2)cc1SCC(F)(F)F. The molecule has 0 saturated carbocycles. The lowest BCUT2D eigenvalue weighted by Crippen LogP contribution is -2.44. The molecule has 1 aromatic rings. The van der Waals surface area contributed by atoms with Crippen LogP contribution in [0.3, 0.4) is 0 Å². The molecule has 0 aliphatic carbocycles. The van der Waals surface area contributed by atoms with Crippen molar-refractivity contribution in [3.8, 4) is 0 Å². The van der Waals surface area contributed by atoms with E-state index in [0.29, 0.717) is 22.2 Å². The zero-order valence-corrected chi connectivity index (χ0v) is 13.0. The Morgan fingerprint density at radius 3 is 2.59 bits per heavy atom. The van der Waals surface area contributed by atoms with Gasteiger partial charge in [0.25, 0.3) is 0 Å². The molecule has 2 rings (SSSR count). The van der Waals surface area contributed by atoms with E-state index in [2.05, 4.69) is 23.3 Å². The van der Waals surface area contributed by atoms with Gasteiger partial charge in [0, 0.05) is 16.5 Å². The molecule has 2 N–H and O–H groups in total. The molecule has 3 nitrogen and oxygen atoms in total. The molecule has 1 unspecified atom stereocenters.